The molecule has 0 heterocycles. The van der Waals surface area contributed by atoms with E-state index in [1.54, 1.807) is 0 Å². The van der Waals surface area contributed by atoms with Crippen molar-refractivity contribution < 1.29 is 17.6 Å². The minimum Gasteiger partial charge on any atom is -0.202 e. The SMILES string of the molecule is CC(F)(F)c1ccc(C(C)(F)F)cc1.CCc1cc(Cl)c(CC)cc1Cl.CCc1ccc(CC)c(Cl)c1.CCc1ccc(CC)cc1. The van der Waals surface area contributed by atoms with Gasteiger partial charge < -0.3 is 0 Å². The van der Waals surface area contributed by atoms with Crippen LogP contribution in [0.3, 0.4) is 0 Å². The van der Waals surface area contributed by atoms with E-state index in [0.717, 1.165) is 103 Å². The lowest BCUT2D eigenvalue weighted by atomic mass is 10.0. The predicted molar refractivity (Wildman–Crippen MR) is 196 cm³/mol. The van der Waals surface area contributed by atoms with Crippen molar-refractivity contribution in [2.24, 2.45) is 0 Å². The van der Waals surface area contributed by atoms with Crippen LogP contribution in [0.4, 0.5) is 17.6 Å². The number of halogens is 7. The van der Waals surface area contributed by atoms with Gasteiger partial charge in [0, 0.05) is 40.0 Å². The summed E-state index contributed by atoms with van der Waals surface area (Å²) < 4.78 is 50.8. The fourth-order valence-corrected chi connectivity index (χ4v) is 5.31. The van der Waals surface area contributed by atoms with Crippen molar-refractivity contribution in [1.29, 1.82) is 0 Å². The van der Waals surface area contributed by atoms with E-state index < -0.39 is 11.8 Å². The van der Waals surface area contributed by atoms with Gasteiger partial charge in [0.15, 0.2) is 0 Å². The maximum atomic E-state index is 12.7. The van der Waals surface area contributed by atoms with Crippen LogP contribution < -0.4 is 0 Å². The van der Waals surface area contributed by atoms with E-state index in [2.05, 4.69) is 84.0 Å². The smallest absolute Gasteiger partial charge is 0.202 e. The summed E-state index contributed by atoms with van der Waals surface area (Å²) in [6, 6.07) is 23.1. The Hall–Kier alpha value is -2.53. The van der Waals surface area contributed by atoms with Crippen LogP contribution in [-0.2, 0) is 50.4 Å². The lowest BCUT2D eigenvalue weighted by Crippen LogP contribution is -2.10. The van der Waals surface area contributed by atoms with Gasteiger partial charge in [-0.3, -0.25) is 0 Å². The monoisotopic (exact) mass is 710 g/mol. The molecule has 0 aliphatic heterocycles. The van der Waals surface area contributed by atoms with Crippen molar-refractivity contribution in [1.82, 2.24) is 0 Å². The van der Waals surface area contributed by atoms with Crippen LogP contribution in [-0.4, -0.2) is 0 Å². The highest BCUT2D eigenvalue weighted by atomic mass is 35.5. The Balaban J connectivity index is 0.000000316. The van der Waals surface area contributed by atoms with Gasteiger partial charge in [0.25, 0.3) is 11.8 Å². The maximum Gasteiger partial charge on any atom is 0.270 e. The minimum absolute atomic E-state index is 0.259. The Morgan fingerprint density at radius 3 is 0.957 bits per heavy atom. The van der Waals surface area contributed by atoms with Crippen LogP contribution in [0.1, 0.15) is 99.9 Å². The van der Waals surface area contributed by atoms with Gasteiger partial charge in [0.05, 0.1) is 0 Å². The fraction of sp³-hybridized carbons (Fsp3) is 0.400. The summed E-state index contributed by atoms with van der Waals surface area (Å²) in [7, 11) is 0. The van der Waals surface area contributed by atoms with E-state index >= 15 is 0 Å². The molecule has 0 bridgehead atoms. The Morgan fingerprint density at radius 2 is 0.702 bits per heavy atom. The van der Waals surface area contributed by atoms with Gasteiger partial charge in [-0.1, -0.05) is 137 Å². The third kappa shape index (κ3) is 15.1. The fourth-order valence-electron chi connectivity index (χ4n) is 4.33. The number of aryl methyl sites for hydroxylation is 6. The topological polar surface area (TPSA) is 0 Å². The molecule has 4 aromatic rings. The van der Waals surface area contributed by atoms with Crippen LogP contribution in [0.5, 0.6) is 0 Å². The molecule has 0 unspecified atom stereocenters. The molecule has 0 aromatic heterocycles. The zero-order valence-corrected chi connectivity index (χ0v) is 31.2. The minimum atomic E-state index is -2.98. The molecule has 0 aliphatic rings. The normalized spacial score (nSPS) is 11.0. The van der Waals surface area contributed by atoms with Gasteiger partial charge >= 0.3 is 0 Å². The number of hydrogen-bond acceptors (Lipinski definition) is 0. The van der Waals surface area contributed by atoms with Gasteiger partial charge in [-0.05, 0) is 90.1 Å². The Kier molecular flexibility index (Phi) is 18.8. The van der Waals surface area contributed by atoms with Gasteiger partial charge in [0.1, 0.15) is 0 Å². The lowest BCUT2D eigenvalue weighted by Gasteiger charge is -2.13. The van der Waals surface area contributed by atoms with Crippen molar-refractivity contribution in [3.05, 3.63) is 138 Å². The Labute approximate surface area is 295 Å². The highest BCUT2D eigenvalue weighted by Gasteiger charge is 2.27. The molecule has 0 N–H and O–H groups in total. The van der Waals surface area contributed by atoms with E-state index in [1.807, 2.05) is 12.1 Å². The van der Waals surface area contributed by atoms with E-state index in [0.29, 0.717) is 0 Å². The average Bonchev–Trinajstić information content (AvgIpc) is 3.05. The van der Waals surface area contributed by atoms with E-state index in [9.17, 15) is 17.6 Å². The second kappa shape index (κ2) is 20.8. The van der Waals surface area contributed by atoms with Gasteiger partial charge in [-0.25, -0.2) is 17.6 Å². The molecule has 7 heteroatoms. The van der Waals surface area contributed by atoms with Crippen LogP contribution in [0, 0.1) is 0 Å². The van der Waals surface area contributed by atoms with Gasteiger partial charge in [-0.15, -0.1) is 0 Å². The summed E-state index contributed by atoms with van der Waals surface area (Å²) in [5.74, 6) is -5.97. The third-order valence-electron chi connectivity index (χ3n) is 7.62. The van der Waals surface area contributed by atoms with Crippen molar-refractivity contribution in [2.75, 3.05) is 0 Å². The molecule has 0 saturated heterocycles. The van der Waals surface area contributed by atoms with Gasteiger partial charge in [0.2, 0.25) is 0 Å². The molecule has 258 valence electrons. The van der Waals surface area contributed by atoms with Crippen LogP contribution in [0.25, 0.3) is 0 Å². The summed E-state index contributed by atoms with van der Waals surface area (Å²) in [5, 5.41) is 2.57. The first-order chi connectivity index (χ1) is 22.0. The molecule has 0 amide bonds. The van der Waals surface area contributed by atoms with Crippen LogP contribution in [0.2, 0.25) is 15.1 Å². The van der Waals surface area contributed by atoms with Crippen molar-refractivity contribution in [2.45, 2.75) is 106 Å². The molecule has 0 radical (unpaired) electrons. The molecule has 4 aromatic carbocycles. The number of hydrogen-bond donors (Lipinski definition) is 0. The summed E-state index contributed by atoms with van der Waals surface area (Å²) in [4.78, 5) is 0. The average molecular weight is 712 g/mol. The molecular formula is C40H49Cl3F4. The molecule has 4 rings (SSSR count). The summed E-state index contributed by atoms with van der Waals surface area (Å²) in [6.45, 7) is 14.2. The third-order valence-corrected chi connectivity index (χ3v) is 8.68. The first kappa shape index (κ1) is 42.5. The summed E-state index contributed by atoms with van der Waals surface area (Å²) >= 11 is 18.1. The van der Waals surface area contributed by atoms with Crippen LogP contribution >= 0.6 is 34.8 Å². The lowest BCUT2D eigenvalue weighted by molar-refractivity contribution is 0.0131. The molecule has 0 aliphatic carbocycles. The molecular weight excluding hydrogens is 663 g/mol. The highest BCUT2D eigenvalue weighted by Crippen LogP contribution is 2.31. The van der Waals surface area contributed by atoms with Crippen molar-refractivity contribution >= 4 is 34.8 Å². The molecule has 47 heavy (non-hydrogen) atoms. The maximum absolute atomic E-state index is 12.7. The molecule has 0 nitrogen and oxygen atoms in total. The van der Waals surface area contributed by atoms with Crippen LogP contribution in [0.15, 0.2) is 78.9 Å². The first-order valence-electron chi connectivity index (χ1n) is 16.2. The Morgan fingerprint density at radius 1 is 0.404 bits per heavy atom. The van der Waals surface area contributed by atoms with E-state index in [-0.39, 0.29) is 11.1 Å². The van der Waals surface area contributed by atoms with Crippen molar-refractivity contribution in [3.8, 4) is 0 Å². The Bertz CT molecular complexity index is 1380. The zero-order valence-electron chi connectivity index (χ0n) is 28.9. The largest absolute Gasteiger partial charge is 0.270 e. The predicted octanol–water partition coefficient (Wildman–Crippen LogP) is 14.3. The standard InChI is InChI=1S/C10H12Cl2.C10H13Cl.C10H10F4.C10H14/c1-3-7-5-10(12)8(4-2)6-9(7)11;1-3-8-5-6-9(4-2)10(11)7-8;1-9(11,12)7-3-5-8(6-4-7)10(2,13)14;1-3-9-5-7-10(4-2)8-6-9/h5-6H,3-4H2,1-2H3;5-7H,3-4H2,1-2H3;3-6H,1-2H3;5-8H,3-4H2,1-2H3. The molecule has 0 atom stereocenters. The highest BCUT2D eigenvalue weighted by molar-refractivity contribution is 6.34. The van der Waals surface area contributed by atoms with Gasteiger partial charge in [-0.2, -0.15) is 0 Å². The molecule has 0 fully saturated rings. The first-order valence-corrected chi connectivity index (χ1v) is 17.4. The second-order valence-electron chi connectivity index (χ2n) is 11.3. The quantitative estimate of drug-likeness (QED) is 0.160. The molecule has 0 spiro atoms. The zero-order chi connectivity index (χ0) is 35.8. The number of rotatable bonds is 8. The number of benzene rings is 4. The van der Waals surface area contributed by atoms with Crippen molar-refractivity contribution in [3.63, 3.8) is 0 Å². The summed E-state index contributed by atoms with van der Waals surface area (Å²) in [5.41, 5.74) is 7.14. The summed E-state index contributed by atoms with van der Waals surface area (Å²) in [6.07, 6.45) is 6.23. The van der Waals surface area contributed by atoms with E-state index in [1.165, 1.54) is 22.3 Å². The molecule has 0 saturated carbocycles. The van der Waals surface area contributed by atoms with E-state index in [4.69, 9.17) is 34.8 Å². The second-order valence-corrected chi connectivity index (χ2v) is 12.5. The number of alkyl halides is 4.